The highest BCUT2D eigenvalue weighted by atomic mass is 15.2. The molecule has 1 aliphatic heterocycles. The SMILES string of the molecule is Nc1ncnc2nc3n(c12)CCC3. The van der Waals surface area contributed by atoms with Crippen LogP contribution in [-0.2, 0) is 13.0 Å². The van der Waals surface area contributed by atoms with E-state index in [9.17, 15) is 0 Å². The second-order valence-electron chi connectivity index (χ2n) is 3.21. The highest BCUT2D eigenvalue weighted by Gasteiger charge is 2.18. The Kier molecular flexibility index (Phi) is 1.15. The summed E-state index contributed by atoms with van der Waals surface area (Å²) in [6, 6.07) is 0. The zero-order valence-corrected chi connectivity index (χ0v) is 7.06. The second-order valence-corrected chi connectivity index (χ2v) is 3.21. The van der Waals surface area contributed by atoms with Crippen LogP contribution in [0.1, 0.15) is 12.2 Å². The van der Waals surface area contributed by atoms with Crippen molar-refractivity contribution in [2.24, 2.45) is 0 Å². The van der Waals surface area contributed by atoms with Gasteiger partial charge in [0.15, 0.2) is 11.5 Å². The van der Waals surface area contributed by atoms with Crippen molar-refractivity contribution in [3.05, 3.63) is 12.2 Å². The molecule has 0 aliphatic carbocycles. The van der Waals surface area contributed by atoms with Gasteiger partial charge in [-0.1, -0.05) is 0 Å². The molecule has 0 radical (unpaired) electrons. The predicted octanol–water partition coefficient (Wildman–Crippen LogP) is 0.355. The first kappa shape index (κ1) is 6.82. The molecule has 1 aliphatic rings. The summed E-state index contributed by atoms with van der Waals surface area (Å²) in [5.41, 5.74) is 7.38. The maximum absolute atomic E-state index is 5.76. The Balaban J connectivity index is 2.46. The van der Waals surface area contributed by atoms with Gasteiger partial charge in [-0.15, -0.1) is 0 Å². The number of nitrogen functional groups attached to an aromatic ring is 1. The number of nitrogens with zero attached hydrogens (tertiary/aromatic N) is 4. The zero-order valence-electron chi connectivity index (χ0n) is 7.06. The number of anilines is 1. The molecular formula is C8H9N5. The van der Waals surface area contributed by atoms with Crippen LogP contribution in [0.2, 0.25) is 0 Å². The second kappa shape index (κ2) is 2.18. The first-order chi connectivity index (χ1) is 6.36. The molecule has 0 saturated heterocycles. The average Bonchev–Trinajstić information content (AvgIpc) is 2.62. The summed E-state index contributed by atoms with van der Waals surface area (Å²) in [4.78, 5) is 12.4. The standard InChI is InChI=1S/C8H9N5/c9-7-6-8(11-4-10-7)12-5-2-1-3-13(5)6/h4H,1-3H2,(H2,9,10,11). The third-order valence-corrected chi connectivity index (χ3v) is 2.43. The Morgan fingerprint density at radius 1 is 1.38 bits per heavy atom. The summed E-state index contributed by atoms with van der Waals surface area (Å²) in [6.45, 7) is 0.989. The van der Waals surface area contributed by atoms with Crippen LogP contribution < -0.4 is 5.73 Å². The van der Waals surface area contributed by atoms with Gasteiger partial charge in [0, 0.05) is 13.0 Å². The highest BCUT2D eigenvalue weighted by Crippen LogP contribution is 2.23. The Bertz CT molecular complexity index is 473. The number of hydrogen-bond acceptors (Lipinski definition) is 4. The largest absolute Gasteiger partial charge is 0.382 e. The lowest BCUT2D eigenvalue weighted by molar-refractivity contribution is 0.770. The average molecular weight is 175 g/mol. The molecule has 0 fully saturated rings. The van der Waals surface area contributed by atoms with Gasteiger partial charge >= 0.3 is 0 Å². The highest BCUT2D eigenvalue weighted by molar-refractivity contribution is 5.82. The molecule has 2 aromatic heterocycles. The molecule has 13 heavy (non-hydrogen) atoms. The van der Waals surface area contributed by atoms with Crippen molar-refractivity contribution in [3.63, 3.8) is 0 Å². The normalized spacial score (nSPS) is 15.1. The van der Waals surface area contributed by atoms with Crippen LogP contribution >= 0.6 is 0 Å². The Labute approximate surface area is 74.6 Å². The molecule has 2 aromatic rings. The van der Waals surface area contributed by atoms with E-state index in [0.717, 1.165) is 36.4 Å². The van der Waals surface area contributed by atoms with Crippen molar-refractivity contribution in [1.29, 1.82) is 0 Å². The van der Waals surface area contributed by atoms with E-state index in [1.807, 2.05) is 0 Å². The quantitative estimate of drug-likeness (QED) is 0.627. The van der Waals surface area contributed by atoms with Gasteiger partial charge in [0.05, 0.1) is 0 Å². The molecule has 5 heteroatoms. The number of rotatable bonds is 0. The van der Waals surface area contributed by atoms with Gasteiger partial charge in [0.1, 0.15) is 17.7 Å². The maximum Gasteiger partial charge on any atom is 0.183 e. The van der Waals surface area contributed by atoms with Crippen LogP contribution in [0.5, 0.6) is 0 Å². The third kappa shape index (κ3) is 0.783. The Morgan fingerprint density at radius 2 is 2.31 bits per heavy atom. The molecular weight excluding hydrogens is 166 g/mol. The predicted molar refractivity (Wildman–Crippen MR) is 48.1 cm³/mol. The van der Waals surface area contributed by atoms with Crippen molar-refractivity contribution in [3.8, 4) is 0 Å². The van der Waals surface area contributed by atoms with Crippen LogP contribution in [0.15, 0.2) is 6.33 Å². The van der Waals surface area contributed by atoms with Crippen LogP contribution in [-0.4, -0.2) is 19.5 Å². The van der Waals surface area contributed by atoms with Crippen LogP contribution in [0.25, 0.3) is 11.2 Å². The number of fused-ring (bicyclic) bond motifs is 3. The van der Waals surface area contributed by atoms with Crippen LogP contribution in [0, 0.1) is 0 Å². The summed E-state index contributed by atoms with van der Waals surface area (Å²) in [5.74, 6) is 1.62. The zero-order chi connectivity index (χ0) is 8.84. The topological polar surface area (TPSA) is 69.6 Å². The first-order valence-electron chi connectivity index (χ1n) is 4.32. The smallest absolute Gasteiger partial charge is 0.183 e. The van der Waals surface area contributed by atoms with Gasteiger partial charge in [-0.3, -0.25) is 0 Å². The Morgan fingerprint density at radius 3 is 3.23 bits per heavy atom. The lowest BCUT2D eigenvalue weighted by atomic mass is 10.4. The summed E-state index contributed by atoms with van der Waals surface area (Å²) in [7, 11) is 0. The minimum Gasteiger partial charge on any atom is -0.382 e. The van der Waals surface area contributed by atoms with E-state index in [1.165, 1.54) is 6.33 Å². The van der Waals surface area contributed by atoms with E-state index in [-0.39, 0.29) is 0 Å². The van der Waals surface area contributed by atoms with Crippen molar-refractivity contribution in [1.82, 2.24) is 19.5 Å². The number of hydrogen-bond donors (Lipinski definition) is 1. The van der Waals surface area contributed by atoms with E-state index in [1.54, 1.807) is 0 Å². The monoisotopic (exact) mass is 175 g/mol. The molecule has 0 atom stereocenters. The minimum atomic E-state index is 0.533. The fourth-order valence-corrected chi connectivity index (χ4v) is 1.86. The van der Waals surface area contributed by atoms with E-state index < -0.39 is 0 Å². The molecule has 66 valence electrons. The summed E-state index contributed by atoms with van der Waals surface area (Å²) < 4.78 is 2.12. The molecule has 2 N–H and O–H groups in total. The maximum atomic E-state index is 5.76. The summed E-state index contributed by atoms with van der Waals surface area (Å²) in [5, 5.41) is 0. The number of nitrogens with two attached hydrogens (primary N) is 1. The summed E-state index contributed by atoms with van der Waals surface area (Å²) >= 11 is 0. The van der Waals surface area contributed by atoms with Gasteiger partial charge in [0.25, 0.3) is 0 Å². The fraction of sp³-hybridized carbons (Fsp3) is 0.375. The molecule has 0 amide bonds. The van der Waals surface area contributed by atoms with Crippen molar-refractivity contribution in [2.45, 2.75) is 19.4 Å². The van der Waals surface area contributed by atoms with Gasteiger partial charge in [0.2, 0.25) is 0 Å². The molecule has 0 aromatic carbocycles. The molecule has 0 spiro atoms. The third-order valence-electron chi connectivity index (χ3n) is 2.43. The van der Waals surface area contributed by atoms with Gasteiger partial charge in [-0.2, -0.15) is 0 Å². The van der Waals surface area contributed by atoms with Gasteiger partial charge in [-0.05, 0) is 6.42 Å². The van der Waals surface area contributed by atoms with Crippen molar-refractivity contribution in [2.75, 3.05) is 5.73 Å². The number of imidazole rings is 1. The molecule has 0 bridgehead atoms. The first-order valence-corrected chi connectivity index (χ1v) is 4.32. The van der Waals surface area contributed by atoms with E-state index in [4.69, 9.17) is 5.73 Å². The molecule has 0 saturated carbocycles. The van der Waals surface area contributed by atoms with E-state index >= 15 is 0 Å². The van der Waals surface area contributed by atoms with Crippen molar-refractivity contribution >= 4 is 17.0 Å². The van der Waals surface area contributed by atoms with Gasteiger partial charge < -0.3 is 10.3 Å². The molecule has 5 nitrogen and oxygen atoms in total. The number of aromatic nitrogens is 4. The summed E-state index contributed by atoms with van der Waals surface area (Å²) in [6.07, 6.45) is 3.63. The fourth-order valence-electron chi connectivity index (χ4n) is 1.86. The van der Waals surface area contributed by atoms with Crippen LogP contribution in [0.3, 0.4) is 0 Å². The molecule has 0 unspecified atom stereocenters. The van der Waals surface area contributed by atoms with Crippen molar-refractivity contribution < 1.29 is 0 Å². The van der Waals surface area contributed by atoms with Gasteiger partial charge in [-0.25, -0.2) is 15.0 Å². The minimum absolute atomic E-state index is 0.533. The molecule has 3 rings (SSSR count). The Hall–Kier alpha value is -1.65. The number of aryl methyl sites for hydroxylation is 2. The van der Waals surface area contributed by atoms with Crippen LogP contribution in [0.4, 0.5) is 5.82 Å². The van der Waals surface area contributed by atoms with E-state index in [0.29, 0.717) is 5.82 Å². The lowest BCUT2D eigenvalue weighted by Gasteiger charge is -1.98. The molecule has 3 heterocycles. The lowest BCUT2D eigenvalue weighted by Crippen LogP contribution is -1.98. The van der Waals surface area contributed by atoms with E-state index in [2.05, 4.69) is 19.5 Å².